The molecule has 3 N–H and O–H groups in total. The summed E-state index contributed by atoms with van der Waals surface area (Å²) in [6.45, 7) is -0.00313. The molecule has 1 fully saturated rings. The van der Waals surface area contributed by atoms with Crippen LogP contribution in [0.3, 0.4) is 0 Å². The molecule has 0 bridgehead atoms. The summed E-state index contributed by atoms with van der Waals surface area (Å²) in [6.07, 6.45) is 5.46. The number of hydrogen-bond acceptors (Lipinski definition) is 6. The SMILES string of the molecule is CN(C)C(=O)COc1cccc(Nc2nc(NC3CCC3)c3cc[nH]c3n2)c1. The monoisotopic (exact) mass is 380 g/mol. The van der Waals surface area contributed by atoms with Crippen molar-refractivity contribution in [3.63, 3.8) is 0 Å². The van der Waals surface area contributed by atoms with E-state index in [9.17, 15) is 4.79 Å². The third kappa shape index (κ3) is 4.00. The van der Waals surface area contributed by atoms with Crippen molar-refractivity contribution in [2.24, 2.45) is 0 Å². The number of amides is 1. The molecule has 28 heavy (non-hydrogen) atoms. The molecule has 2 aromatic heterocycles. The summed E-state index contributed by atoms with van der Waals surface area (Å²) in [5.74, 6) is 1.85. The van der Waals surface area contributed by atoms with Gasteiger partial charge in [-0.15, -0.1) is 0 Å². The number of ether oxygens (including phenoxy) is 1. The van der Waals surface area contributed by atoms with Crippen LogP contribution in [0, 0.1) is 0 Å². The smallest absolute Gasteiger partial charge is 0.259 e. The number of H-pyrrole nitrogens is 1. The van der Waals surface area contributed by atoms with Gasteiger partial charge < -0.3 is 25.3 Å². The van der Waals surface area contributed by atoms with Crippen molar-refractivity contribution in [1.82, 2.24) is 19.9 Å². The Labute approximate surface area is 163 Å². The van der Waals surface area contributed by atoms with Crippen LogP contribution in [-0.4, -0.2) is 52.5 Å². The van der Waals surface area contributed by atoms with Crippen LogP contribution < -0.4 is 15.4 Å². The zero-order valence-corrected chi connectivity index (χ0v) is 16.0. The van der Waals surface area contributed by atoms with Gasteiger partial charge in [0.05, 0.1) is 5.39 Å². The van der Waals surface area contributed by atoms with E-state index in [4.69, 9.17) is 4.74 Å². The summed E-state index contributed by atoms with van der Waals surface area (Å²) in [5, 5.41) is 7.72. The fourth-order valence-electron chi connectivity index (χ4n) is 2.92. The maximum atomic E-state index is 11.7. The number of nitrogens with one attached hydrogen (secondary N) is 3. The van der Waals surface area contributed by atoms with Gasteiger partial charge in [-0.05, 0) is 37.5 Å². The first-order chi connectivity index (χ1) is 13.6. The number of aromatic amines is 1. The van der Waals surface area contributed by atoms with Gasteiger partial charge in [0.1, 0.15) is 17.2 Å². The molecule has 1 amide bonds. The van der Waals surface area contributed by atoms with E-state index < -0.39 is 0 Å². The molecular weight excluding hydrogens is 356 g/mol. The van der Waals surface area contributed by atoms with E-state index in [0.717, 1.165) is 22.5 Å². The van der Waals surface area contributed by atoms with Gasteiger partial charge in [0.25, 0.3) is 5.91 Å². The quantitative estimate of drug-likeness (QED) is 0.583. The Morgan fingerprint density at radius 1 is 1.29 bits per heavy atom. The first kappa shape index (κ1) is 18.1. The molecule has 0 radical (unpaired) electrons. The lowest BCUT2D eigenvalue weighted by molar-refractivity contribution is -0.130. The number of rotatable bonds is 7. The van der Waals surface area contributed by atoms with E-state index in [1.807, 2.05) is 36.5 Å². The minimum absolute atomic E-state index is 0.00313. The van der Waals surface area contributed by atoms with Crippen LogP contribution in [0.1, 0.15) is 19.3 Å². The van der Waals surface area contributed by atoms with Crippen LogP contribution in [0.15, 0.2) is 36.5 Å². The van der Waals surface area contributed by atoms with Crippen molar-refractivity contribution in [1.29, 1.82) is 0 Å². The summed E-state index contributed by atoms with van der Waals surface area (Å²) in [5.41, 5.74) is 1.57. The number of carbonyl (C=O) groups excluding carboxylic acids is 1. The van der Waals surface area contributed by atoms with Crippen LogP contribution in [0.5, 0.6) is 5.75 Å². The van der Waals surface area contributed by atoms with Crippen molar-refractivity contribution in [2.75, 3.05) is 31.3 Å². The predicted molar refractivity (Wildman–Crippen MR) is 109 cm³/mol. The molecule has 1 aliphatic carbocycles. The lowest BCUT2D eigenvalue weighted by Crippen LogP contribution is -2.27. The maximum Gasteiger partial charge on any atom is 0.259 e. The molecule has 2 heterocycles. The Hall–Kier alpha value is -3.29. The highest BCUT2D eigenvalue weighted by atomic mass is 16.5. The van der Waals surface area contributed by atoms with Gasteiger partial charge in [-0.25, -0.2) is 0 Å². The fourth-order valence-corrected chi connectivity index (χ4v) is 2.92. The Kier molecular flexibility index (Phi) is 5.01. The molecule has 1 aromatic carbocycles. The van der Waals surface area contributed by atoms with E-state index >= 15 is 0 Å². The fraction of sp³-hybridized carbons (Fsp3) is 0.350. The molecule has 0 aliphatic heterocycles. The van der Waals surface area contributed by atoms with E-state index in [2.05, 4.69) is 25.6 Å². The molecule has 146 valence electrons. The minimum atomic E-state index is -0.0920. The maximum absolute atomic E-state index is 11.7. The van der Waals surface area contributed by atoms with E-state index in [1.54, 1.807) is 14.1 Å². The molecule has 0 spiro atoms. The average molecular weight is 380 g/mol. The molecule has 0 unspecified atom stereocenters. The number of likely N-dealkylation sites (N-methyl/N-ethyl adjacent to an activating group) is 1. The summed E-state index contributed by atoms with van der Waals surface area (Å²) in [4.78, 5) is 25.6. The molecule has 8 heteroatoms. The first-order valence-electron chi connectivity index (χ1n) is 9.40. The summed E-state index contributed by atoms with van der Waals surface area (Å²) < 4.78 is 5.57. The highest BCUT2D eigenvalue weighted by Gasteiger charge is 2.19. The van der Waals surface area contributed by atoms with E-state index in [1.165, 1.54) is 24.2 Å². The molecule has 3 aromatic rings. The van der Waals surface area contributed by atoms with Crippen molar-refractivity contribution >= 4 is 34.4 Å². The van der Waals surface area contributed by atoms with Crippen molar-refractivity contribution in [3.8, 4) is 5.75 Å². The molecule has 0 saturated heterocycles. The molecule has 8 nitrogen and oxygen atoms in total. The Bertz CT molecular complexity index is 980. The van der Waals surface area contributed by atoms with Crippen LogP contribution in [0.2, 0.25) is 0 Å². The predicted octanol–water partition coefficient (Wildman–Crippen LogP) is 3.13. The number of fused-ring (bicyclic) bond motifs is 1. The van der Waals surface area contributed by atoms with Gasteiger partial charge in [0.15, 0.2) is 6.61 Å². The Morgan fingerprint density at radius 3 is 2.89 bits per heavy atom. The molecule has 4 rings (SSSR count). The van der Waals surface area contributed by atoms with Gasteiger partial charge in [0, 0.05) is 38.1 Å². The number of hydrogen-bond donors (Lipinski definition) is 3. The zero-order chi connectivity index (χ0) is 19.5. The average Bonchev–Trinajstić information content (AvgIpc) is 3.11. The van der Waals surface area contributed by atoms with Gasteiger partial charge in [-0.2, -0.15) is 9.97 Å². The van der Waals surface area contributed by atoms with Crippen molar-refractivity contribution in [3.05, 3.63) is 36.5 Å². The molecule has 0 atom stereocenters. The van der Waals surface area contributed by atoms with Crippen LogP contribution in [0.4, 0.5) is 17.5 Å². The van der Waals surface area contributed by atoms with E-state index in [-0.39, 0.29) is 12.5 Å². The second-order valence-corrected chi connectivity index (χ2v) is 7.14. The van der Waals surface area contributed by atoms with E-state index in [0.29, 0.717) is 17.7 Å². The highest BCUT2D eigenvalue weighted by Crippen LogP contribution is 2.28. The number of anilines is 3. The lowest BCUT2D eigenvalue weighted by Gasteiger charge is -2.27. The van der Waals surface area contributed by atoms with Crippen LogP contribution >= 0.6 is 0 Å². The summed E-state index contributed by atoms with van der Waals surface area (Å²) in [6, 6.07) is 9.86. The standard InChI is InChI=1S/C20H24N6O2/c1-26(2)17(27)12-28-15-8-4-7-14(11-15)23-20-24-18-16(9-10-21-18)19(25-20)22-13-5-3-6-13/h4,7-11,13H,3,5-6,12H2,1-2H3,(H3,21,22,23,24,25). The number of benzene rings is 1. The minimum Gasteiger partial charge on any atom is -0.484 e. The van der Waals surface area contributed by atoms with Gasteiger partial charge in [-0.3, -0.25) is 4.79 Å². The number of nitrogens with zero attached hydrogens (tertiary/aromatic N) is 3. The second-order valence-electron chi connectivity index (χ2n) is 7.14. The topological polar surface area (TPSA) is 95.2 Å². The van der Waals surface area contributed by atoms with Crippen molar-refractivity contribution in [2.45, 2.75) is 25.3 Å². The Balaban J connectivity index is 1.51. The summed E-state index contributed by atoms with van der Waals surface area (Å²) >= 11 is 0. The third-order valence-corrected chi connectivity index (χ3v) is 4.81. The van der Waals surface area contributed by atoms with Gasteiger partial charge in [0.2, 0.25) is 5.95 Å². The zero-order valence-electron chi connectivity index (χ0n) is 16.0. The largest absolute Gasteiger partial charge is 0.484 e. The second kappa shape index (κ2) is 7.75. The first-order valence-corrected chi connectivity index (χ1v) is 9.40. The normalized spacial score (nSPS) is 13.8. The Morgan fingerprint density at radius 2 is 2.14 bits per heavy atom. The third-order valence-electron chi connectivity index (χ3n) is 4.81. The number of aromatic nitrogens is 3. The van der Waals surface area contributed by atoms with Gasteiger partial charge >= 0.3 is 0 Å². The molecule has 1 aliphatic rings. The van der Waals surface area contributed by atoms with Gasteiger partial charge in [-0.1, -0.05) is 6.07 Å². The van der Waals surface area contributed by atoms with Crippen LogP contribution in [-0.2, 0) is 4.79 Å². The van der Waals surface area contributed by atoms with Crippen molar-refractivity contribution < 1.29 is 9.53 Å². The lowest BCUT2D eigenvalue weighted by atomic mass is 9.93. The molecule has 1 saturated carbocycles. The van der Waals surface area contributed by atoms with Crippen LogP contribution in [0.25, 0.3) is 11.0 Å². The highest BCUT2D eigenvalue weighted by molar-refractivity contribution is 5.88. The number of carbonyl (C=O) groups is 1. The summed E-state index contributed by atoms with van der Waals surface area (Å²) in [7, 11) is 3.40. The molecular formula is C20H24N6O2.